The third kappa shape index (κ3) is 1.11. The van der Waals surface area contributed by atoms with Crippen molar-refractivity contribution in [3.8, 4) is 0 Å². The number of carbonyl (C=O) groups excluding carboxylic acids is 1. The minimum atomic E-state index is -2.22. The van der Waals surface area contributed by atoms with Crippen molar-refractivity contribution in [3.05, 3.63) is 0 Å². The number of cyclic esters (lactones) is 1. The second-order valence-corrected chi connectivity index (χ2v) is 2.87. The maximum Gasteiger partial charge on any atom is 0.346 e. The van der Waals surface area contributed by atoms with Gasteiger partial charge in [0, 0.05) is 0 Å². The normalized spacial score (nSPS) is 44.2. The van der Waals surface area contributed by atoms with E-state index in [1.807, 2.05) is 0 Å². The molecular weight excluding hydrogens is 151 g/mol. The van der Waals surface area contributed by atoms with E-state index in [1.165, 1.54) is 0 Å². The van der Waals surface area contributed by atoms with E-state index in [0.29, 0.717) is 6.42 Å². The topological polar surface area (TPSA) is 46.5 Å². The lowest BCUT2D eigenvalue weighted by Gasteiger charge is -2.14. The van der Waals surface area contributed by atoms with Gasteiger partial charge in [0.25, 0.3) is 0 Å². The Bertz CT molecular complexity index is 179. The summed E-state index contributed by atoms with van der Waals surface area (Å²) in [5, 5.41) is 9.17. The van der Waals surface area contributed by atoms with Gasteiger partial charge in [0.1, 0.15) is 12.2 Å². The molecule has 3 atom stereocenters. The van der Waals surface area contributed by atoms with Crippen LogP contribution in [0.25, 0.3) is 0 Å². The zero-order valence-corrected chi connectivity index (χ0v) is 6.50. The maximum atomic E-state index is 13.1. The van der Waals surface area contributed by atoms with Crippen LogP contribution in [0.5, 0.6) is 0 Å². The standard InChI is InChI=1S/C7H11FO3/c1-3-4-5(9)7(2,8)6(10)11-4/h4-5,9H,3H2,1-2H3/t4-,5+,7+/m0/s1. The third-order valence-corrected chi connectivity index (χ3v) is 1.97. The van der Waals surface area contributed by atoms with Gasteiger partial charge in [0.15, 0.2) is 0 Å². The highest BCUT2D eigenvalue weighted by molar-refractivity contribution is 5.82. The van der Waals surface area contributed by atoms with Crippen LogP contribution in [0.15, 0.2) is 0 Å². The van der Waals surface area contributed by atoms with E-state index in [-0.39, 0.29) is 0 Å². The van der Waals surface area contributed by atoms with Gasteiger partial charge in [-0.15, -0.1) is 0 Å². The van der Waals surface area contributed by atoms with Crippen molar-refractivity contribution in [2.75, 3.05) is 0 Å². The lowest BCUT2D eigenvalue weighted by molar-refractivity contribution is -0.149. The van der Waals surface area contributed by atoms with Crippen LogP contribution in [0, 0.1) is 0 Å². The lowest BCUT2D eigenvalue weighted by atomic mass is 9.99. The highest BCUT2D eigenvalue weighted by atomic mass is 19.1. The van der Waals surface area contributed by atoms with Gasteiger partial charge in [-0.3, -0.25) is 0 Å². The van der Waals surface area contributed by atoms with Gasteiger partial charge in [-0.25, -0.2) is 9.18 Å². The molecule has 1 rings (SSSR count). The molecule has 1 aliphatic rings. The smallest absolute Gasteiger partial charge is 0.346 e. The number of ether oxygens (including phenoxy) is 1. The number of hydrogen-bond donors (Lipinski definition) is 1. The number of carbonyl (C=O) groups is 1. The van der Waals surface area contributed by atoms with Gasteiger partial charge < -0.3 is 9.84 Å². The first-order valence-electron chi connectivity index (χ1n) is 3.58. The van der Waals surface area contributed by atoms with Crippen molar-refractivity contribution in [1.29, 1.82) is 0 Å². The highest BCUT2D eigenvalue weighted by Gasteiger charge is 2.53. The summed E-state index contributed by atoms with van der Waals surface area (Å²) >= 11 is 0. The van der Waals surface area contributed by atoms with Crippen LogP contribution in [-0.2, 0) is 9.53 Å². The molecule has 0 radical (unpaired) electrons. The Morgan fingerprint density at radius 3 is 2.55 bits per heavy atom. The maximum absolute atomic E-state index is 13.1. The first kappa shape index (κ1) is 8.46. The molecule has 0 bridgehead atoms. The molecule has 0 saturated carbocycles. The fourth-order valence-corrected chi connectivity index (χ4v) is 1.09. The van der Waals surface area contributed by atoms with Crippen LogP contribution < -0.4 is 0 Å². The summed E-state index contributed by atoms with van der Waals surface area (Å²) in [6.07, 6.45) is -1.57. The van der Waals surface area contributed by atoms with E-state index in [4.69, 9.17) is 5.11 Å². The van der Waals surface area contributed by atoms with Crippen LogP contribution >= 0.6 is 0 Å². The average Bonchev–Trinajstić information content (AvgIpc) is 2.14. The zero-order valence-electron chi connectivity index (χ0n) is 6.50. The molecular formula is C7H11FO3. The van der Waals surface area contributed by atoms with Crippen molar-refractivity contribution < 1.29 is 19.0 Å². The second kappa shape index (κ2) is 2.44. The van der Waals surface area contributed by atoms with Crippen molar-refractivity contribution in [1.82, 2.24) is 0 Å². The summed E-state index contributed by atoms with van der Waals surface area (Å²) in [6.45, 7) is 2.76. The highest BCUT2D eigenvalue weighted by Crippen LogP contribution is 2.30. The molecule has 1 fully saturated rings. The zero-order chi connectivity index (χ0) is 8.65. The van der Waals surface area contributed by atoms with Gasteiger partial charge in [0.2, 0.25) is 5.67 Å². The largest absolute Gasteiger partial charge is 0.457 e. The molecule has 4 heteroatoms. The van der Waals surface area contributed by atoms with Crippen LogP contribution in [0.3, 0.4) is 0 Å². The predicted octanol–water partition coefficient (Wildman–Crippen LogP) is 0.411. The number of aliphatic hydroxyl groups excluding tert-OH is 1. The SMILES string of the molecule is CC[C@@H]1OC(=O)[C@](C)(F)[C@@H]1O. The molecule has 64 valence electrons. The number of esters is 1. The van der Waals surface area contributed by atoms with E-state index in [9.17, 15) is 9.18 Å². The van der Waals surface area contributed by atoms with Crippen molar-refractivity contribution in [3.63, 3.8) is 0 Å². The Morgan fingerprint density at radius 2 is 2.36 bits per heavy atom. The van der Waals surface area contributed by atoms with Crippen molar-refractivity contribution in [2.24, 2.45) is 0 Å². The van der Waals surface area contributed by atoms with Gasteiger partial charge in [-0.1, -0.05) is 6.92 Å². The van der Waals surface area contributed by atoms with Gasteiger partial charge in [-0.2, -0.15) is 0 Å². The van der Waals surface area contributed by atoms with E-state index in [0.717, 1.165) is 6.92 Å². The molecule has 1 saturated heterocycles. The van der Waals surface area contributed by atoms with Gasteiger partial charge in [-0.05, 0) is 13.3 Å². The molecule has 0 aromatic heterocycles. The first-order chi connectivity index (χ1) is 5.00. The fraction of sp³-hybridized carbons (Fsp3) is 0.857. The van der Waals surface area contributed by atoms with Crippen molar-refractivity contribution >= 4 is 5.97 Å². The predicted molar refractivity (Wildman–Crippen MR) is 35.7 cm³/mol. The molecule has 1 N–H and O–H groups in total. The van der Waals surface area contributed by atoms with Crippen LogP contribution in [0.2, 0.25) is 0 Å². The molecule has 1 heterocycles. The molecule has 0 unspecified atom stereocenters. The van der Waals surface area contributed by atoms with E-state index in [2.05, 4.69) is 4.74 Å². The summed E-state index contributed by atoms with van der Waals surface area (Å²) in [6, 6.07) is 0. The number of aliphatic hydroxyl groups is 1. The summed E-state index contributed by atoms with van der Waals surface area (Å²) in [4.78, 5) is 10.7. The lowest BCUT2D eigenvalue weighted by Crippen LogP contribution is -2.38. The Kier molecular flexibility index (Phi) is 1.88. The number of hydrogen-bond acceptors (Lipinski definition) is 3. The quantitative estimate of drug-likeness (QED) is 0.568. The third-order valence-electron chi connectivity index (χ3n) is 1.97. The molecule has 3 nitrogen and oxygen atoms in total. The molecule has 1 aliphatic heterocycles. The minimum Gasteiger partial charge on any atom is -0.457 e. The Labute approximate surface area is 64.2 Å². The number of rotatable bonds is 1. The molecule has 11 heavy (non-hydrogen) atoms. The molecule has 0 spiro atoms. The van der Waals surface area contributed by atoms with Crippen LogP contribution in [0.4, 0.5) is 4.39 Å². The summed E-state index contributed by atoms with van der Waals surface area (Å²) in [5.41, 5.74) is -2.22. The van der Waals surface area contributed by atoms with Crippen LogP contribution in [-0.4, -0.2) is 29.0 Å². The molecule has 0 aromatic rings. The summed E-state index contributed by atoms with van der Waals surface area (Å²) in [5.74, 6) is -0.961. The van der Waals surface area contributed by atoms with E-state index < -0.39 is 23.8 Å². The second-order valence-electron chi connectivity index (χ2n) is 2.87. The Morgan fingerprint density at radius 1 is 1.82 bits per heavy atom. The van der Waals surface area contributed by atoms with Crippen molar-refractivity contribution in [2.45, 2.75) is 38.1 Å². The summed E-state index contributed by atoms with van der Waals surface area (Å²) < 4.78 is 17.7. The number of halogens is 1. The monoisotopic (exact) mass is 162 g/mol. The fourth-order valence-electron chi connectivity index (χ4n) is 1.09. The van der Waals surface area contributed by atoms with Gasteiger partial charge >= 0.3 is 5.97 Å². The first-order valence-corrected chi connectivity index (χ1v) is 3.58. The minimum absolute atomic E-state index is 0.437. The Hall–Kier alpha value is -0.640. The number of alkyl halides is 1. The Balaban J connectivity index is 2.80. The van der Waals surface area contributed by atoms with Crippen LogP contribution in [0.1, 0.15) is 20.3 Å². The molecule has 0 amide bonds. The molecule has 0 aliphatic carbocycles. The summed E-state index contributed by atoms with van der Waals surface area (Å²) in [7, 11) is 0. The van der Waals surface area contributed by atoms with E-state index >= 15 is 0 Å². The van der Waals surface area contributed by atoms with Gasteiger partial charge in [0.05, 0.1) is 0 Å². The van der Waals surface area contributed by atoms with E-state index in [1.54, 1.807) is 6.92 Å². The average molecular weight is 162 g/mol. The molecule has 0 aromatic carbocycles.